The minimum absolute atomic E-state index is 0.153. The second-order valence-corrected chi connectivity index (χ2v) is 7.47. The summed E-state index contributed by atoms with van der Waals surface area (Å²) in [4.78, 5) is 25.5. The average Bonchev–Trinajstić information content (AvgIpc) is 3.29. The molecule has 0 radical (unpaired) electrons. The lowest BCUT2D eigenvalue weighted by atomic mass is 9.76. The Bertz CT molecular complexity index is 965. The van der Waals surface area contributed by atoms with Crippen molar-refractivity contribution < 1.29 is 9.59 Å². The SMILES string of the molecule is O=C(Nc1ccc(C(C(=O)c2ccccc2)C2CCNCC2)cc1)Nc1ccn[nH]1. The minimum atomic E-state index is -0.359. The van der Waals surface area contributed by atoms with Gasteiger partial charge < -0.3 is 10.6 Å². The fraction of sp³-hybridized carbons (Fsp3) is 0.261. The number of nitrogens with zero attached hydrogens (tertiary/aromatic N) is 1. The third-order valence-electron chi connectivity index (χ3n) is 5.47. The molecule has 2 amide bonds. The van der Waals surface area contributed by atoms with Crippen molar-refractivity contribution >= 4 is 23.3 Å². The molecule has 1 aliphatic rings. The molecule has 1 fully saturated rings. The molecule has 0 spiro atoms. The minimum Gasteiger partial charge on any atom is -0.317 e. The maximum atomic E-state index is 13.4. The summed E-state index contributed by atoms with van der Waals surface area (Å²) in [5.41, 5.74) is 2.38. The Balaban J connectivity index is 1.51. The number of Topliss-reactive ketones (excluding diaryl/α,β-unsaturated/α-hetero) is 1. The van der Waals surface area contributed by atoms with Crippen LogP contribution < -0.4 is 16.0 Å². The maximum absolute atomic E-state index is 13.4. The van der Waals surface area contributed by atoms with Gasteiger partial charge in [-0.25, -0.2) is 4.79 Å². The Morgan fingerprint density at radius 3 is 2.33 bits per heavy atom. The third kappa shape index (κ3) is 4.75. The molecule has 3 aromatic rings. The molecule has 7 nitrogen and oxygen atoms in total. The molecule has 0 aliphatic carbocycles. The number of nitrogens with one attached hydrogen (secondary N) is 4. The lowest BCUT2D eigenvalue weighted by molar-refractivity contribution is 0.0916. The van der Waals surface area contributed by atoms with E-state index in [0.29, 0.717) is 17.4 Å². The Kier molecular flexibility index (Phi) is 6.20. The van der Waals surface area contributed by atoms with E-state index in [-0.39, 0.29) is 17.7 Å². The standard InChI is InChI=1S/C23H25N5O2/c29-22(18-4-2-1-3-5-18)21(17-10-13-24-14-11-17)16-6-8-19(9-7-16)26-23(30)27-20-12-15-25-28-20/h1-9,12,15,17,21,24H,10-11,13-14H2,(H3,25,26,27,28,30). The smallest absolute Gasteiger partial charge is 0.317 e. The van der Waals surface area contributed by atoms with Gasteiger partial charge in [0.2, 0.25) is 0 Å². The van der Waals surface area contributed by atoms with E-state index in [9.17, 15) is 9.59 Å². The van der Waals surface area contributed by atoms with Crippen molar-refractivity contribution in [2.45, 2.75) is 18.8 Å². The van der Waals surface area contributed by atoms with Crippen LogP contribution >= 0.6 is 0 Å². The molecule has 1 atom stereocenters. The lowest BCUT2D eigenvalue weighted by Crippen LogP contribution is -2.33. The Morgan fingerprint density at radius 1 is 0.933 bits per heavy atom. The van der Waals surface area contributed by atoms with Gasteiger partial charge in [0, 0.05) is 17.3 Å². The van der Waals surface area contributed by atoms with Gasteiger partial charge in [-0.1, -0.05) is 42.5 Å². The molecule has 2 heterocycles. The molecule has 0 bridgehead atoms. The molecule has 7 heteroatoms. The fourth-order valence-electron chi connectivity index (χ4n) is 3.98. The quantitative estimate of drug-likeness (QED) is 0.467. The van der Waals surface area contributed by atoms with Crippen LogP contribution in [0.15, 0.2) is 66.9 Å². The van der Waals surface area contributed by atoms with E-state index in [1.807, 2.05) is 54.6 Å². The van der Waals surface area contributed by atoms with E-state index in [2.05, 4.69) is 26.1 Å². The Labute approximate surface area is 175 Å². The van der Waals surface area contributed by atoms with Crippen molar-refractivity contribution in [2.24, 2.45) is 5.92 Å². The van der Waals surface area contributed by atoms with Crippen LogP contribution in [0.1, 0.15) is 34.7 Å². The predicted octanol–water partition coefficient (Wildman–Crippen LogP) is 4.02. The zero-order valence-electron chi connectivity index (χ0n) is 16.6. The van der Waals surface area contributed by atoms with Crippen molar-refractivity contribution in [3.63, 3.8) is 0 Å². The van der Waals surface area contributed by atoms with Crippen LogP contribution in [0.2, 0.25) is 0 Å². The number of aromatic nitrogens is 2. The Morgan fingerprint density at radius 2 is 1.67 bits per heavy atom. The molecule has 4 rings (SSSR count). The number of amides is 2. The molecule has 1 aliphatic heterocycles. The van der Waals surface area contributed by atoms with Crippen molar-refractivity contribution in [1.29, 1.82) is 0 Å². The topological polar surface area (TPSA) is 98.9 Å². The second kappa shape index (κ2) is 9.37. The number of ketones is 1. The number of benzene rings is 2. The van der Waals surface area contributed by atoms with Gasteiger partial charge in [-0.15, -0.1) is 0 Å². The molecule has 2 aromatic carbocycles. The van der Waals surface area contributed by atoms with Gasteiger partial charge in [0.25, 0.3) is 0 Å². The molecular formula is C23H25N5O2. The number of hydrogen-bond donors (Lipinski definition) is 4. The van der Waals surface area contributed by atoms with Crippen LogP contribution in [0, 0.1) is 5.92 Å². The van der Waals surface area contributed by atoms with E-state index in [1.54, 1.807) is 12.3 Å². The number of carbonyl (C=O) groups is 2. The van der Waals surface area contributed by atoms with E-state index < -0.39 is 0 Å². The first-order valence-electron chi connectivity index (χ1n) is 10.2. The van der Waals surface area contributed by atoms with Gasteiger partial charge in [0.1, 0.15) is 5.82 Å². The first kappa shape index (κ1) is 19.8. The molecule has 1 unspecified atom stereocenters. The van der Waals surface area contributed by atoms with Gasteiger partial charge in [-0.2, -0.15) is 5.10 Å². The van der Waals surface area contributed by atoms with Crippen LogP contribution in [0.3, 0.4) is 0 Å². The van der Waals surface area contributed by atoms with Crippen molar-refractivity contribution in [1.82, 2.24) is 15.5 Å². The van der Waals surface area contributed by atoms with Gasteiger partial charge >= 0.3 is 6.03 Å². The highest BCUT2D eigenvalue weighted by molar-refractivity contribution is 6.01. The summed E-state index contributed by atoms with van der Waals surface area (Å²) in [5.74, 6) is 0.771. The molecule has 30 heavy (non-hydrogen) atoms. The van der Waals surface area contributed by atoms with Gasteiger partial charge in [0.15, 0.2) is 5.78 Å². The van der Waals surface area contributed by atoms with Gasteiger partial charge in [-0.05, 0) is 49.5 Å². The van der Waals surface area contributed by atoms with Crippen molar-refractivity contribution in [3.05, 3.63) is 78.0 Å². The van der Waals surface area contributed by atoms with Crippen LogP contribution in [-0.4, -0.2) is 35.1 Å². The number of carbonyl (C=O) groups excluding carboxylic acids is 2. The predicted molar refractivity (Wildman–Crippen MR) is 117 cm³/mol. The van der Waals surface area contributed by atoms with Gasteiger partial charge in [-0.3, -0.25) is 15.2 Å². The molecule has 1 saturated heterocycles. The number of piperidine rings is 1. The van der Waals surface area contributed by atoms with Crippen LogP contribution in [-0.2, 0) is 0 Å². The molecule has 4 N–H and O–H groups in total. The van der Waals surface area contributed by atoms with Crippen LogP contribution in [0.4, 0.5) is 16.3 Å². The first-order valence-corrected chi connectivity index (χ1v) is 10.2. The largest absolute Gasteiger partial charge is 0.324 e. The van der Waals surface area contributed by atoms with Crippen molar-refractivity contribution in [3.8, 4) is 0 Å². The number of hydrogen-bond acceptors (Lipinski definition) is 4. The summed E-state index contributed by atoms with van der Waals surface area (Å²) < 4.78 is 0. The van der Waals surface area contributed by atoms with E-state index in [1.165, 1.54) is 0 Å². The summed E-state index contributed by atoms with van der Waals surface area (Å²) in [6.45, 7) is 1.85. The number of urea groups is 1. The normalized spacial score (nSPS) is 15.3. The summed E-state index contributed by atoms with van der Waals surface area (Å²) in [6, 6.07) is 18.4. The number of rotatable bonds is 6. The molecule has 0 saturated carbocycles. The number of anilines is 2. The highest BCUT2D eigenvalue weighted by Crippen LogP contribution is 2.34. The zero-order chi connectivity index (χ0) is 20.8. The summed E-state index contributed by atoms with van der Waals surface area (Å²) >= 11 is 0. The number of aromatic amines is 1. The second-order valence-electron chi connectivity index (χ2n) is 7.47. The van der Waals surface area contributed by atoms with Gasteiger partial charge in [0.05, 0.1) is 12.1 Å². The van der Waals surface area contributed by atoms with E-state index in [0.717, 1.165) is 37.1 Å². The summed E-state index contributed by atoms with van der Waals surface area (Å²) in [6.07, 6.45) is 3.50. The van der Waals surface area contributed by atoms with E-state index in [4.69, 9.17) is 0 Å². The third-order valence-corrected chi connectivity index (χ3v) is 5.47. The molecule has 154 valence electrons. The highest BCUT2D eigenvalue weighted by Gasteiger charge is 2.31. The summed E-state index contributed by atoms with van der Waals surface area (Å²) in [7, 11) is 0. The zero-order valence-corrected chi connectivity index (χ0v) is 16.6. The fourth-order valence-corrected chi connectivity index (χ4v) is 3.98. The maximum Gasteiger partial charge on any atom is 0.324 e. The van der Waals surface area contributed by atoms with E-state index >= 15 is 0 Å². The average molecular weight is 403 g/mol. The summed E-state index contributed by atoms with van der Waals surface area (Å²) in [5, 5.41) is 15.3. The van der Waals surface area contributed by atoms with Crippen LogP contribution in [0.5, 0.6) is 0 Å². The van der Waals surface area contributed by atoms with Crippen LogP contribution in [0.25, 0.3) is 0 Å². The monoisotopic (exact) mass is 403 g/mol. The lowest BCUT2D eigenvalue weighted by Gasteiger charge is -2.30. The first-order chi connectivity index (χ1) is 14.7. The number of H-pyrrole nitrogens is 1. The molecule has 1 aromatic heterocycles. The molecular weight excluding hydrogens is 378 g/mol. The Hall–Kier alpha value is -3.45. The highest BCUT2D eigenvalue weighted by atomic mass is 16.2. The van der Waals surface area contributed by atoms with Crippen molar-refractivity contribution in [2.75, 3.05) is 23.7 Å².